The highest BCUT2D eigenvalue weighted by Crippen LogP contribution is 2.24. The Morgan fingerprint density at radius 1 is 1.29 bits per heavy atom. The van der Waals surface area contributed by atoms with Crippen molar-refractivity contribution in [2.24, 2.45) is 0 Å². The first kappa shape index (κ1) is 18.8. The van der Waals surface area contributed by atoms with Gasteiger partial charge in [-0.1, -0.05) is 0 Å². The number of aromatic amines is 1. The molecule has 2 aromatic rings. The third-order valence-electron chi connectivity index (χ3n) is 4.73. The smallest absolute Gasteiger partial charge is 0.279 e. The number of amides is 1. The minimum absolute atomic E-state index is 0.0418. The standard InChI is InChI=1S/C18H20F2N4O4/c1-10-2-3-11(5-21-10)28-12-8-26-15-6-24(7-16(15)27-9-12)18(25)14-4-13(17(19)20)22-23-14/h2-5,12,15-17H,6-9H2,1H3,(H,22,23)/t15-,16-/m0/s1. The van der Waals surface area contributed by atoms with Crippen molar-refractivity contribution in [1.82, 2.24) is 20.1 Å². The number of carbonyl (C=O) groups excluding carboxylic acids is 1. The summed E-state index contributed by atoms with van der Waals surface area (Å²) in [6.07, 6.45) is -1.94. The molecule has 0 aliphatic carbocycles. The summed E-state index contributed by atoms with van der Waals surface area (Å²) in [6.45, 7) is 3.13. The Morgan fingerprint density at radius 3 is 2.57 bits per heavy atom. The van der Waals surface area contributed by atoms with Gasteiger partial charge in [-0.15, -0.1) is 0 Å². The first-order chi connectivity index (χ1) is 13.5. The Bertz CT molecular complexity index is 813. The van der Waals surface area contributed by atoms with Crippen LogP contribution in [0.4, 0.5) is 8.78 Å². The lowest BCUT2D eigenvalue weighted by atomic mass is 10.3. The molecular formula is C18H20F2N4O4. The number of fused-ring (bicyclic) bond motifs is 1. The number of rotatable bonds is 4. The predicted molar refractivity (Wildman–Crippen MR) is 92.3 cm³/mol. The molecule has 1 amide bonds. The van der Waals surface area contributed by atoms with Crippen LogP contribution in [0.3, 0.4) is 0 Å². The average molecular weight is 394 g/mol. The SMILES string of the molecule is Cc1ccc(OC2CO[C@H]3CN(C(=O)c4cc(C(F)F)[nH]n4)C[C@@H]3OC2)cn1. The van der Waals surface area contributed by atoms with E-state index in [4.69, 9.17) is 14.2 Å². The molecule has 0 saturated carbocycles. The fourth-order valence-corrected chi connectivity index (χ4v) is 3.24. The first-order valence-corrected chi connectivity index (χ1v) is 8.95. The van der Waals surface area contributed by atoms with Gasteiger partial charge in [0.2, 0.25) is 0 Å². The molecule has 2 atom stereocenters. The van der Waals surface area contributed by atoms with E-state index in [0.29, 0.717) is 32.1 Å². The van der Waals surface area contributed by atoms with E-state index in [0.717, 1.165) is 11.8 Å². The molecule has 28 heavy (non-hydrogen) atoms. The van der Waals surface area contributed by atoms with Crippen LogP contribution in [0.15, 0.2) is 24.4 Å². The van der Waals surface area contributed by atoms with E-state index >= 15 is 0 Å². The summed E-state index contributed by atoms with van der Waals surface area (Å²) >= 11 is 0. The molecule has 4 heterocycles. The van der Waals surface area contributed by atoms with Crippen LogP contribution in [-0.2, 0) is 9.47 Å². The van der Waals surface area contributed by atoms with E-state index in [2.05, 4.69) is 15.2 Å². The first-order valence-electron chi connectivity index (χ1n) is 8.95. The zero-order valence-corrected chi connectivity index (χ0v) is 15.2. The summed E-state index contributed by atoms with van der Waals surface area (Å²) in [4.78, 5) is 18.2. The van der Waals surface area contributed by atoms with E-state index in [9.17, 15) is 13.6 Å². The average Bonchev–Trinajstić information content (AvgIpc) is 3.29. The number of ether oxygens (including phenoxy) is 3. The number of carbonyl (C=O) groups is 1. The molecule has 2 aliphatic rings. The third-order valence-corrected chi connectivity index (χ3v) is 4.73. The van der Waals surface area contributed by atoms with Crippen molar-refractivity contribution in [3.8, 4) is 5.75 Å². The molecule has 0 radical (unpaired) electrons. The number of likely N-dealkylation sites (tertiary alicyclic amines) is 1. The van der Waals surface area contributed by atoms with E-state index in [1.807, 2.05) is 19.1 Å². The van der Waals surface area contributed by atoms with Crippen LogP contribution in [0.5, 0.6) is 5.75 Å². The van der Waals surface area contributed by atoms with Gasteiger partial charge in [0.1, 0.15) is 29.8 Å². The number of aromatic nitrogens is 3. The molecule has 150 valence electrons. The molecule has 4 rings (SSSR count). The molecule has 0 bridgehead atoms. The number of hydrogen-bond donors (Lipinski definition) is 1. The Balaban J connectivity index is 1.33. The topological polar surface area (TPSA) is 89.6 Å². The molecular weight excluding hydrogens is 374 g/mol. The van der Waals surface area contributed by atoms with Crippen molar-refractivity contribution in [1.29, 1.82) is 0 Å². The summed E-state index contributed by atoms with van der Waals surface area (Å²) in [6, 6.07) is 4.77. The summed E-state index contributed by atoms with van der Waals surface area (Å²) in [5, 5.41) is 5.86. The highest BCUT2D eigenvalue weighted by molar-refractivity contribution is 5.92. The van der Waals surface area contributed by atoms with Crippen molar-refractivity contribution < 1.29 is 27.8 Å². The molecule has 2 aromatic heterocycles. The molecule has 2 saturated heterocycles. The van der Waals surface area contributed by atoms with Gasteiger partial charge >= 0.3 is 0 Å². The second-order valence-electron chi connectivity index (χ2n) is 6.84. The van der Waals surface area contributed by atoms with Crippen LogP contribution in [0.2, 0.25) is 0 Å². The van der Waals surface area contributed by atoms with E-state index < -0.39 is 12.3 Å². The third kappa shape index (κ3) is 3.97. The fraction of sp³-hybridized carbons (Fsp3) is 0.500. The van der Waals surface area contributed by atoms with Crippen LogP contribution < -0.4 is 4.74 Å². The van der Waals surface area contributed by atoms with E-state index in [-0.39, 0.29) is 29.7 Å². The molecule has 8 nitrogen and oxygen atoms in total. The summed E-state index contributed by atoms with van der Waals surface area (Å²) in [7, 11) is 0. The number of nitrogens with one attached hydrogen (secondary N) is 1. The Kier molecular flexibility index (Phi) is 5.23. The monoisotopic (exact) mass is 394 g/mol. The summed E-state index contributed by atoms with van der Waals surface area (Å²) in [5.74, 6) is 0.210. The Morgan fingerprint density at radius 2 is 2.00 bits per heavy atom. The van der Waals surface area contributed by atoms with Gasteiger partial charge in [-0.25, -0.2) is 8.78 Å². The van der Waals surface area contributed by atoms with Crippen molar-refractivity contribution in [3.63, 3.8) is 0 Å². The number of hydrogen-bond acceptors (Lipinski definition) is 6. The van der Waals surface area contributed by atoms with Crippen molar-refractivity contribution in [2.75, 3.05) is 26.3 Å². The number of aryl methyl sites for hydroxylation is 1. The van der Waals surface area contributed by atoms with Crippen molar-refractivity contribution >= 4 is 5.91 Å². The summed E-state index contributed by atoms with van der Waals surface area (Å²) in [5.41, 5.74) is 0.479. The normalized spacial score (nSPS) is 22.9. The number of pyridine rings is 1. The highest BCUT2D eigenvalue weighted by atomic mass is 19.3. The lowest BCUT2D eigenvalue weighted by Crippen LogP contribution is -2.33. The van der Waals surface area contributed by atoms with Gasteiger partial charge in [0.05, 0.1) is 19.4 Å². The van der Waals surface area contributed by atoms with Crippen LogP contribution >= 0.6 is 0 Å². The Hall–Kier alpha value is -2.59. The zero-order chi connectivity index (χ0) is 19.7. The zero-order valence-electron chi connectivity index (χ0n) is 15.2. The number of nitrogens with zero attached hydrogens (tertiary/aromatic N) is 3. The van der Waals surface area contributed by atoms with E-state index in [1.165, 1.54) is 4.90 Å². The Labute approximate surface area is 159 Å². The molecule has 1 N–H and O–H groups in total. The fourth-order valence-electron chi connectivity index (χ4n) is 3.24. The van der Waals surface area contributed by atoms with E-state index in [1.54, 1.807) is 6.20 Å². The quantitative estimate of drug-likeness (QED) is 0.850. The van der Waals surface area contributed by atoms with Crippen LogP contribution in [0, 0.1) is 6.92 Å². The van der Waals surface area contributed by atoms with Gasteiger partial charge in [-0.05, 0) is 25.1 Å². The van der Waals surface area contributed by atoms with Crippen LogP contribution in [-0.4, -0.2) is 70.6 Å². The lowest BCUT2D eigenvalue weighted by molar-refractivity contribution is -0.00461. The van der Waals surface area contributed by atoms with Gasteiger partial charge in [-0.2, -0.15) is 5.10 Å². The second kappa shape index (κ2) is 7.80. The minimum atomic E-state index is -2.70. The molecule has 2 aliphatic heterocycles. The highest BCUT2D eigenvalue weighted by Gasteiger charge is 2.40. The molecule has 10 heteroatoms. The van der Waals surface area contributed by atoms with Gasteiger partial charge in [0.15, 0.2) is 5.69 Å². The van der Waals surface area contributed by atoms with Crippen molar-refractivity contribution in [2.45, 2.75) is 31.7 Å². The van der Waals surface area contributed by atoms with Gasteiger partial charge in [0.25, 0.3) is 12.3 Å². The second-order valence-corrected chi connectivity index (χ2v) is 6.84. The molecule has 2 fully saturated rings. The molecule has 0 aromatic carbocycles. The van der Waals surface area contributed by atoms with Crippen molar-refractivity contribution in [3.05, 3.63) is 41.5 Å². The van der Waals surface area contributed by atoms with Gasteiger partial charge in [-0.3, -0.25) is 14.9 Å². The van der Waals surface area contributed by atoms with Crippen LogP contribution in [0.1, 0.15) is 28.3 Å². The number of halogens is 2. The van der Waals surface area contributed by atoms with Gasteiger partial charge < -0.3 is 19.1 Å². The minimum Gasteiger partial charge on any atom is -0.484 e. The predicted octanol–water partition coefficient (Wildman–Crippen LogP) is 1.74. The van der Waals surface area contributed by atoms with Gasteiger partial charge in [0, 0.05) is 18.8 Å². The molecule has 0 unspecified atom stereocenters. The maximum Gasteiger partial charge on any atom is 0.279 e. The number of H-pyrrole nitrogens is 1. The maximum absolute atomic E-state index is 12.7. The van der Waals surface area contributed by atoms with Crippen LogP contribution in [0.25, 0.3) is 0 Å². The largest absolute Gasteiger partial charge is 0.484 e. The maximum atomic E-state index is 12.7. The molecule has 0 spiro atoms. The summed E-state index contributed by atoms with van der Waals surface area (Å²) < 4.78 is 42.9. The lowest BCUT2D eigenvalue weighted by Gasteiger charge is -2.19. The number of alkyl halides is 2.